The molecule has 1 heterocycles. The molecule has 0 aliphatic carbocycles. The van der Waals surface area contributed by atoms with E-state index in [4.69, 9.17) is 23.2 Å². The smallest absolute Gasteiger partial charge is 0.143 e. The number of phenols is 1. The Labute approximate surface area is 142 Å². The van der Waals surface area contributed by atoms with Crippen molar-refractivity contribution in [3.63, 3.8) is 0 Å². The van der Waals surface area contributed by atoms with E-state index in [-0.39, 0.29) is 17.4 Å². The number of aromatic nitrogens is 2. The molecule has 118 valence electrons. The maximum Gasteiger partial charge on any atom is 0.143 e. The molecule has 0 spiro atoms. The quantitative estimate of drug-likeness (QED) is 0.706. The van der Waals surface area contributed by atoms with Gasteiger partial charge in [0.2, 0.25) is 0 Å². The van der Waals surface area contributed by atoms with Crippen LogP contribution in [0.1, 0.15) is 11.4 Å². The van der Waals surface area contributed by atoms with Gasteiger partial charge < -0.3 is 14.8 Å². The number of hydrogen-bond acceptors (Lipinski definition) is 4. The van der Waals surface area contributed by atoms with E-state index >= 15 is 0 Å². The van der Waals surface area contributed by atoms with Crippen LogP contribution in [0.4, 0.5) is 5.69 Å². The van der Waals surface area contributed by atoms with Crippen LogP contribution in [-0.4, -0.2) is 26.0 Å². The van der Waals surface area contributed by atoms with E-state index in [1.54, 1.807) is 12.1 Å². The second-order valence-electron chi connectivity index (χ2n) is 5.00. The largest absolute Gasteiger partial charge is 0.506 e. The highest BCUT2D eigenvalue weighted by atomic mass is 35.5. The number of benzene rings is 2. The molecule has 23 heavy (non-hydrogen) atoms. The Bertz CT molecular complexity index is 919. The first-order valence-corrected chi connectivity index (χ1v) is 7.53. The maximum absolute atomic E-state index is 9.92. The Hall–Kier alpha value is -2.08. The zero-order valence-corrected chi connectivity index (χ0v) is 13.7. The molecule has 2 N–H and O–H groups in total. The van der Waals surface area contributed by atoms with Gasteiger partial charge in [-0.15, -0.1) is 0 Å². The highest BCUT2D eigenvalue weighted by Gasteiger charge is 2.08. The molecule has 3 aromatic rings. The third-order valence-electron chi connectivity index (χ3n) is 3.51. The van der Waals surface area contributed by atoms with Gasteiger partial charge in [0.25, 0.3) is 0 Å². The number of nitrogens with zero attached hydrogens (tertiary/aromatic N) is 3. The van der Waals surface area contributed by atoms with Gasteiger partial charge in [0.15, 0.2) is 0 Å². The van der Waals surface area contributed by atoms with E-state index in [0.29, 0.717) is 22.1 Å². The van der Waals surface area contributed by atoms with Crippen molar-refractivity contribution in [1.82, 2.24) is 9.55 Å². The lowest BCUT2D eigenvalue weighted by atomic mass is 10.2. The molecule has 0 atom stereocenters. The molecule has 0 bridgehead atoms. The summed E-state index contributed by atoms with van der Waals surface area (Å²) in [5.74, 6) is 0.515. The van der Waals surface area contributed by atoms with Crippen LogP contribution >= 0.6 is 23.2 Å². The van der Waals surface area contributed by atoms with Gasteiger partial charge in [-0.2, -0.15) is 0 Å². The summed E-state index contributed by atoms with van der Waals surface area (Å²) >= 11 is 11.8. The lowest BCUT2D eigenvalue weighted by molar-refractivity contribution is 0.268. The Morgan fingerprint density at radius 2 is 2.04 bits per heavy atom. The predicted octanol–water partition coefficient (Wildman–Crippen LogP) is 3.83. The van der Waals surface area contributed by atoms with Crippen LogP contribution in [0.5, 0.6) is 5.75 Å². The fourth-order valence-corrected chi connectivity index (χ4v) is 2.80. The SMILES string of the molecule is Cn1c(CO)nc2cc(N=Cc3cc(Cl)cc(Cl)c3O)ccc21. The summed E-state index contributed by atoms with van der Waals surface area (Å²) in [5, 5.41) is 19.8. The van der Waals surface area contributed by atoms with Crippen molar-refractivity contribution in [2.75, 3.05) is 0 Å². The highest BCUT2D eigenvalue weighted by Crippen LogP contribution is 2.30. The number of aliphatic hydroxyl groups is 1. The number of fused-ring (bicyclic) bond motifs is 1. The summed E-state index contributed by atoms with van der Waals surface area (Å²) in [6.45, 7) is -0.126. The minimum Gasteiger partial charge on any atom is -0.506 e. The highest BCUT2D eigenvalue weighted by molar-refractivity contribution is 6.36. The van der Waals surface area contributed by atoms with Crippen molar-refractivity contribution in [3.05, 3.63) is 51.8 Å². The van der Waals surface area contributed by atoms with Gasteiger partial charge in [-0.25, -0.2) is 4.98 Å². The molecule has 0 unspecified atom stereocenters. The zero-order chi connectivity index (χ0) is 16.6. The molecule has 7 heteroatoms. The van der Waals surface area contributed by atoms with E-state index in [2.05, 4.69) is 9.98 Å². The van der Waals surface area contributed by atoms with Crippen LogP contribution < -0.4 is 0 Å². The van der Waals surface area contributed by atoms with Crippen LogP contribution in [0.2, 0.25) is 10.0 Å². The summed E-state index contributed by atoms with van der Waals surface area (Å²) < 4.78 is 1.82. The first-order valence-electron chi connectivity index (χ1n) is 6.78. The van der Waals surface area contributed by atoms with Crippen LogP contribution in [0, 0.1) is 0 Å². The third kappa shape index (κ3) is 3.03. The van der Waals surface area contributed by atoms with Crippen molar-refractivity contribution >= 4 is 46.1 Å². The first-order chi connectivity index (χ1) is 11.0. The monoisotopic (exact) mass is 349 g/mol. The molecule has 5 nitrogen and oxygen atoms in total. The number of aliphatic hydroxyl groups excluding tert-OH is 1. The molecular weight excluding hydrogens is 337 g/mol. The molecule has 0 saturated heterocycles. The van der Waals surface area contributed by atoms with Crippen molar-refractivity contribution in [2.45, 2.75) is 6.61 Å². The van der Waals surface area contributed by atoms with Gasteiger partial charge in [0.1, 0.15) is 18.2 Å². The predicted molar refractivity (Wildman–Crippen MR) is 92.0 cm³/mol. The van der Waals surface area contributed by atoms with Crippen LogP contribution in [0.25, 0.3) is 11.0 Å². The third-order valence-corrected chi connectivity index (χ3v) is 4.02. The maximum atomic E-state index is 9.92. The van der Waals surface area contributed by atoms with Crippen molar-refractivity contribution in [2.24, 2.45) is 12.0 Å². The number of aromatic hydroxyl groups is 1. The minimum atomic E-state index is -0.126. The number of hydrogen-bond donors (Lipinski definition) is 2. The molecule has 0 amide bonds. The normalized spacial score (nSPS) is 11.7. The van der Waals surface area contributed by atoms with E-state index < -0.39 is 0 Å². The Morgan fingerprint density at radius 3 is 2.78 bits per heavy atom. The molecule has 2 aromatic carbocycles. The molecule has 1 aromatic heterocycles. The van der Waals surface area contributed by atoms with Gasteiger partial charge in [-0.05, 0) is 30.3 Å². The van der Waals surface area contributed by atoms with Gasteiger partial charge in [0, 0.05) is 23.8 Å². The topological polar surface area (TPSA) is 70.6 Å². The van der Waals surface area contributed by atoms with E-state index in [1.807, 2.05) is 23.7 Å². The second kappa shape index (κ2) is 6.20. The number of aryl methyl sites for hydroxylation is 1. The van der Waals surface area contributed by atoms with Crippen LogP contribution in [0.15, 0.2) is 35.3 Å². The molecule has 0 fully saturated rings. The minimum absolute atomic E-state index is 0.0682. The van der Waals surface area contributed by atoms with Crippen molar-refractivity contribution in [1.29, 1.82) is 0 Å². The lowest BCUT2D eigenvalue weighted by Crippen LogP contribution is -1.96. The van der Waals surface area contributed by atoms with Gasteiger partial charge in [-0.3, -0.25) is 4.99 Å². The number of imidazole rings is 1. The van der Waals surface area contributed by atoms with Crippen molar-refractivity contribution < 1.29 is 10.2 Å². The molecule has 0 radical (unpaired) electrons. The molecule has 3 rings (SSSR count). The van der Waals surface area contributed by atoms with E-state index in [9.17, 15) is 10.2 Å². The summed E-state index contributed by atoms with van der Waals surface area (Å²) in [5.41, 5.74) is 2.73. The van der Waals surface area contributed by atoms with Gasteiger partial charge in [-0.1, -0.05) is 23.2 Å². The molecule has 0 aliphatic rings. The number of halogens is 2. The number of phenolic OH excluding ortho intramolecular Hbond substituents is 1. The molecular formula is C16H13Cl2N3O2. The van der Waals surface area contributed by atoms with Crippen molar-refractivity contribution in [3.8, 4) is 5.75 Å². The van der Waals surface area contributed by atoms with E-state index in [1.165, 1.54) is 12.3 Å². The van der Waals surface area contributed by atoms with Crippen LogP contribution in [-0.2, 0) is 13.7 Å². The summed E-state index contributed by atoms with van der Waals surface area (Å²) in [6, 6.07) is 8.54. The fraction of sp³-hybridized carbons (Fsp3) is 0.125. The summed E-state index contributed by atoms with van der Waals surface area (Å²) in [7, 11) is 1.84. The van der Waals surface area contributed by atoms with Gasteiger partial charge >= 0.3 is 0 Å². The van der Waals surface area contributed by atoms with Crippen LogP contribution in [0.3, 0.4) is 0 Å². The van der Waals surface area contributed by atoms with Gasteiger partial charge in [0.05, 0.1) is 21.7 Å². The number of rotatable bonds is 3. The average Bonchev–Trinajstić information content (AvgIpc) is 2.85. The number of aliphatic imine (C=N–C) groups is 1. The summed E-state index contributed by atoms with van der Waals surface area (Å²) in [4.78, 5) is 8.66. The Morgan fingerprint density at radius 1 is 1.26 bits per heavy atom. The summed E-state index contributed by atoms with van der Waals surface area (Å²) in [6.07, 6.45) is 1.49. The fourth-order valence-electron chi connectivity index (χ4n) is 2.29. The lowest BCUT2D eigenvalue weighted by Gasteiger charge is -2.02. The average molecular weight is 350 g/mol. The zero-order valence-electron chi connectivity index (χ0n) is 12.2. The Kier molecular flexibility index (Phi) is 4.26. The molecule has 0 aliphatic heterocycles. The first kappa shape index (κ1) is 15.8. The van der Waals surface area contributed by atoms with E-state index in [0.717, 1.165) is 11.0 Å². The Balaban J connectivity index is 1.98. The molecule has 0 saturated carbocycles. The standard InChI is InChI=1S/C16H13Cl2N3O2/c1-21-14-3-2-11(6-13(14)20-15(21)8-22)19-7-9-4-10(17)5-12(18)16(9)23/h2-7,22-23H,8H2,1H3. The second-order valence-corrected chi connectivity index (χ2v) is 5.85.